The lowest BCUT2D eigenvalue weighted by atomic mass is 10.1. The minimum atomic E-state index is -3.66. The highest BCUT2D eigenvalue weighted by Crippen LogP contribution is 2.30. The lowest BCUT2D eigenvalue weighted by Gasteiger charge is -2.12. The molecule has 0 bridgehead atoms. The van der Waals surface area contributed by atoms with Gasteiger partial charge in [0.2, 0.25) is 0 Å². The van der Waals surface area contributed by atoms with Gasteiger partial charge >= 0.3 is 0 Å². The first-order valence-corrected chi connectivity index (χ1v) is 28.5. The smallest absolute Gasteiger partial charge is 0.261 e. The van der Waals surface area contributed by atoms with E-state index in [0.29, 0.717) is 23.7 Å². The van der Waals surface area contributed by atoms with Crippen molar-refractivity contribution in [3.05, 3.63) is 267 Å². The highest BCUT2D eigenvalue weighted by molar-refractivity contribution is 7.92. The molecule has 6 N–H and O–H groups in total. The number of aromatic amines is 2. The van der Waals surface area contributed by atoms with Crippen LogP contribution in [0.25, 0.3) is 72.5 Å². The van der Waals surface area contributed by atoms with Crippen molar-refractivity contribution >= 4 is 83.3 Å². The quantitative estimate of drug-likeness (QED) is 0.0641. The molecule has 15 aromatic rings. The van der Waals surface area contributed by atoms with Crippen LogP contribution in [0.1, 0.15) is 11.1 Å². The first-order valence-electron chi connectivity index (χ1n) is 27.0. The molecule has 0 unspecified atom stereocenters. The van der Waals surface area contributed by atoms with Crippen LogP contribution in [0.3, 0.4) is 0 Å². The fraction of sp³-hybridized carbons (Fsp3) is 0.0303. The number of aromatic nitrogens is 11. The number of nitrogens with zero attached hydrogens (tertiary/aromatic N) is 9. The summed E-state index contributed by atoms with van der Waals surface area (Å²) in [5.41, 5.74) is 14.7. The lowest BCUT2D eigenvalue weighted by Crippen LogP contribution is -2.12. The predicted octanol–water partition coefficient (Wildman–Crippen LogP) is 14.4. The van der Waals surface area contributed by atoms with Gasteiger partial charge in [-0.25, -0.2) is 38.3 Å². The molecule has 0 amide bonds. The summed E-state index contributed by atoms with van der Waals surface area (Å²) >= 11 is 0. The molecule has 0 saturated heterocycles. The van der Waals surface area contributed by atoms with E-state index in [9.17, 15) is 8.42 Å². The molecule has 18 heteroatoms. The molecule has 17 nitrogen and oxygen atoms in total. The Hall–Kier alpha value is -11.4. The predicted molar refractivity (Wildman–Crippen MR) is 334 cm³/mol. The summed E-state index contributed by atoms with van der Waals surface area (Å²) in [5, 5.41) is 12.5. The van der Waals surface area contributed by atoms with Crippen LogP contribution in [0.5, 0.6) is 0 Å². The zero-order valence-electron chi connectivity index (χ0n) is 45.2. The minimum Gasteiger partial charge on any atom is -0.363 e. The number of fused-ring (bicyclic) bond motifs is 5. The Labute approximate surface area is 482 Å². The summed E-state index contributed by atoms with van der Waals surface area (Å²) < 4.78 is 33.8. The van der Waals surface area contributed by atoms with Gasteiger partial charge in [0.1, 0.15) is 0 Å². The third-order valence-corrected chi connectivity index (χ3v) is 15.4. The molecule has 0 aliphatic carbocycles. The van der Waals surface area contributed by atoms with Crippen LogP contribution in [0.15, 0.2) is 261 Å². The molecular formula is C66H53N15O2S. The van der Waals surface area contributed by atoms with Crippen LogP contribution < -0.4 is 20.7 Å². The van der Waals surface area contributed by atoms with Crippen molar-refractivity contribution in [3.63, 3.8) is 0 Å². The van der Waals surface area contributed by atoms with E-state index in [4.69, 9.17) is 15.0 Å². The normalized spacial score (nSPS) is 11.3. The highest BCUT2D eigenvalue weighted by Gasteiger charge is 2.16. The third-order valence-electron chi connectivity index (χ3n) is 14.0. The van der Waals surface area contributed by atoms with Crippen LogP contribution in [-0.2, 0) is 16.6 Å². The molecule has 0 fully saturated rings. The number of anilines is 6. The molecule has 0 aliphatic heterocycles. The minimum absolute atomic E-state index is 0.221. The fourth-order valence-corrected chi connectivity index (χ4v) is 10.7. The van der Waals surface area contributed by atoms with E-state index in [1.807, 2.05) is 142 Å². The first-order chi connectivity index (χ1) is 41.2. The third kappa shape index (κ3) is 11.5. The van der Waals surface area contributed by atoms with Crippen molar-refractivity contribution in [2.45, 2.75) is 18.4 Å². The maximum Gasteiger partial charge on any atom is 0.261 e. The van der Waals surface area contributed by atoms with Gasteiger partial charge in [-0.05, 0) is 91.3 Å². The van der Waals surface area contributed by atoms with Crippen molar-refractivity contribution in [2.24, 2.45) is 0 Å². The number of aryl methyl sites for hydroxylation is 1. The van der Waals surface area contributed by atoms with Crippen molar-refractivity contribution in [3.8, 4) is 33.8 Å². The van der Waals surface area contributed by atoms with E-state index in [-0.39, 0.29) is 4.90 Å². The zero-order valence-corrected chi connectivity index (χ0v) is 46.0. The van der Waals surface area contributed by atoms with Crippen LogP contribution in [0, 0.1) is 6.92 Å². The topological polar surface area (TPSA) is 204 Å². The summed E-state index contributed by atoms with van der Waals surface area (Å²) in [6, 6.07) is 60.7. The molecule has 0 spiro atoms. The molecule has 0 aliphatic rings. The summed E-state index contributed by atoms with van der Waals surface area (Å²) in [6.07, 6.45) is 20.9. The molecule has 8 aromatic heterocycles. The first kappa shape index (κ1) is 52.0. The van der Waals surface area contributed by atoms with E-state index in [1.165, 1.54) is 10.9 Å². The monoisotopic (exact) mass is 1120 g/mol. The van der Waals surface area contributed by atoms with E-state index in [0.717, 1.165) is 90.1 Å². The van der Waals surface area contributed by atoms with Gasteiger partial charge in [0.05, 0.1) is 22.0 Å². The summed E-state index contributed by atoms with van der Waals surface area (Å²) in [6.45, 7) is 2.62. The van der Waals surface area contributed by atoms with E-state index < -0.39 is 10.0 Å². The van der Waals surface area contributed by atoms with Gasteiger partial charge in [0.15, 0.2) is 34.4 Å². The Balaban J connectivity index is 0.000000119. The van der Waals surface area contributed by atoms with Gasteiger partial charge in [-0.3, -0.25) is 4.72 Å². The Morgan fingerprint density at radius 2 is 0.917 bits per heavy atom. The van der Waals surface area contributed by atoms with E-state index in [2.05, 4.69) is 112 Å². The summed E-state index contributed by atoms with van der Waals surface area (Å²) in [7, 11) is -3.66. The second-order valence-corrected chi connectivity index (χ2v) is 21.5. The lowest BCUT2D eigenvalue weighted by molar-refractivity contribution is 0.601. The SMILES string of the molecule is Cc1ccc(S(=O)(=O)Nc2ccc(Nc3nc(-c4ccccc4)cn4ccnc34)cc2)cc1.c1ccc(-c2cn3ccnc3c(Nc3ccc4[nH]ccc4c3)n2)cc1.c1ccc(CNc2nc(-c3ccc4[nH]ccc4c3)cn3ccnc23)cc1. The maximum absolute atomic E-state index is 12.6. The van der Waals surface area contributed by atoms with Gasteiger partial charge in [-0.1, -0.05) is 115 Å². The maximum atomic E-state index is 12.6. The number of benzene rings is 7. The van der Waals surface area contributed by atoms with Gasteiger partial charge in [-0.15, -0.1) is 0 Å². The van der Waals surface area contributed by atoms with Crippen LogP contribution in [0.4, 0.5) is 34.5 Å². The second-order valence-electron chi connectivity index (χ2n) is 19.8. The number of H-pyrrole nitrogens is 2. The van der Waals surface area contributed by atoms with Crippen molar-refractivity contribution < 1.29 is 8.42 Å². The number of hydrogen-bond acceptors (Lipinski definition) is 11. The van der Waals surface area contributed by atoms with Gasteiger partial charge in [0, 0.05) is 130 Å². The van der Waals surface area contributed by atoms with Crippen molar-refractivity contribution in [2.75, 3.05) is 20.7 Å². The molecule has 410 valence electrons. The highest BCUT2D eigenvalue weighted by atomic mass is 32.2. The molecule has 0 saturated carbocycles. The average molecular weight is 1120 g/mol. The Morgan fingerprint density at radius 3 is 1.49 bits per heavy atom. The fourth-order valence-electron chi connectivity index (χ4n) is 9.67. The zero-order chi connectivity index (χ0) is 56.8. The van der Waals surface area contributed by atoms with Crippen LogP contribution in [-0.4, -0.2) is 61.5 Å². The number of imidazole rings is 3. The number of nitrogens with one attached hydrogen (secondary N) is 6. The van der Waals surface area contributed by atoms with Crippen molar-refractivity contribution in [1.29, 1.82) is 0 Å². The van der Waals surface area contributed by atoms with Crippen LogP contribution in [0.2, 0.25) is 0 Å². The van der Waals surface area contributed by atoms with E-state index in [1.54, 1.807) is 67.1 Å². The number of sulfonamides is 1. The second kappa shape index (κ2) is 23.0. The molecule has 15 rings (SSSR count). The number of hydrogen-bond donors (Lipinski definition) is 6. The molecule has 0 radical (unpaired) electrons. The van der Waals surface area contributed by atoms with Gasteiger partial charge < -0.3 is 39.1 Å². The Kier molecular flexibility index (Phi) is 14.2. The summed E-state index contributed by atoms with van der Waals surface area (Å²) in [5.74, 6) is 2.13. The standard InChI is InChI=1S/C25H21N5O2S.C21H17N5.C20H15N5/c1-18-7-13-22(14-8-18)33(31,32)29-21-11-9-20(10-12-21)27-24-25-26-15-16-30(25)17-23(28-24)19-5-3-2-4-6-19;1-2-4-15(5-3-1)13-24-20-21-23-10-11-26(21)14-19(25-20)16-6-7-18-17(12-16)8-9-22-18;1-2-4-14(5-3-1)18-13-25-11-10-22-20(25)19(24-18)23-16-6-7-17-15(12-16)8-9-21-17/h2-17,29H,1H3,(H,27,28);1-12,14,22H,13H2,(H,24,25);1-13,21H,(H,23,24). The van der Waals surface area contributed by atoms with Crippen LogP contribution >= 0.6 is 0 Å². The molecule has 0 atom stereocenters. The average Bonchev–Trinajstić information content (AvgIpc) is 4.50. The molecule has 7 aromatic carbocycles. The number of rotatable bonds is 13. The molecule has 8 heterocycles. The van der Waals surface area contributed by atoms with Gasteiger partial charge in [-0.2, -0.15) is 0 Å². The van der Waals surface area contributed by atoms with E-state index >= 15 is 0 Å². The van der Waals surface area contributed by atoms with Gasteiger partial charge in [0.25, 0.3) is 10.0 Å². The molecular weight excluding hydrogens is 1070 g/mol. The van der Waals surface area contributed by atoms with Crippen molar-refractivity contribution in [1.82, 2.24) is 53.1 Å². The largest absolute Gasteiger partial charge is 0.363 e. The Morgan fingerprint density at radius 1 is 0.452 bits per heavy atom. The molecule has 84 heavy (non-hydrogen) atoms. The summed E-state index contributed by atoms with van der Waals surface area (Å²) in [4.78, 5) is 34.3. The Bertz CT molecular complexity index is 4850.